The fourth-order valence-electron chi connectivity index (χ4n) is 2.98. The van der Waals surface area contributed by atoms with Crippen LogP contribution in [0.15, 0.2) is 46.9 Å². The molecule has 3 rings (SSSR count). The maximum Gasteiger partial charge on any atom is 0.430 e. The Balaban J connectivity index is 1.84. The third kappa shape index (κ3) is 4.29. The maximum atomic E-state index is 13.1. The Morgan fingerprint density at radius 3 is 2.19 bits per heavy atom. The molecule has 11 heteroatoms. The second kappa shape index (κ2) is 8.32. The first-order chi connectivity index (χ1) is 14.8. The molecule has 0 unspecified atom stereocenters. The van der Waals surface area contributed by atoms with Crippen molar-refractivity contribution in [2.75, 3.05) is 0 Å². The van der Waals surface area contributed by atoms with E-state index in [2.05, 4.69) is 4.98 Å². The first-order valence-corrected chi connectivity index (χ1v) is 9.44. The van der Waals surface area contributed by atoms with E-state index in [1.165, 1.54) is 6.92 Å². The van der Waals surface area contributed by atoms with E-state index >= 15 is 0 Å². The first kappa shape index (κ1) is 23.9. The molecule has 1 N–H and O–H groups in total. The van der Waals surface area contributed by atoms with Gasteiger partial charge in [-0.25, -0.2) is 4.98 Å². The molecule has 0 fully saturated rings. The van der Waals surface area contributed by atoms with Gasteiger partial charge in [0.05, 0.1) is 10.6 Å². The van der Waals surface area contributed by atoms with Gasteiger partial charge in [-0.1, -0.05) is 29.8 Å². The number of aromatic nitrogens is 1. The minimum Gasteiger partial charge on any atom is -0.487 e. The smallest absolute Gasteiger partial charge is 0.430 e. The van der Waals surface area contributed by atoms with Gasteiger partial charge in [0.2, 0.25) is 5.89 Å². The lowest BCUT2D eigenvalue weighted by atomic mass is 9.91. The average Bonchev–Trinajstić information content (AvgIpc) is 3.05. The van der Waals surface area contributed by atoms with Crippen LogP contribution in [0.25, 0.3) is 11.5 Å². The van der Waals surface area contributed by atoms with Gasteiger partial charge in [-0.3, -0.25) is 0 Å². The molecular formula is C21H16ClF6NO3. The zero-order valence-electron chi connectivity index (χ0n) is 16.6. The summed E-state index contributed by atoms with van der Waals surface area (Å²) in [4.78, 5) is 4.29. The van der Waals surface area contributed by atoms with Gasteiger partial charge < -0.3 is 14.3 Å². The van der Waals surface area contributed by atoms with Gasteiger partial charge in [0.1, 0.15) is 23.8 Å². The average molecular weight is 480 g/mol. The largest absolute Gasteiger partial charge is 0.487 e. The van der Waals surface area contributed by atoms with Crippen molar-refractivity contribution in [2.24, 2.45) is 0 Å². The fraction of sp³-hybridized carbons (Fsp3) is 0.286. The summed E-state index contributed by atoms with van der Waals surface area (Å²) >= 11 is 6.12. The molecule has 0 aliphatic rings. The number of ether oxygens (including phenoxy) is 1. The predicted octanol–water partition coefficient (Wildman–Crippen LogP) is 6.50. The van der Waals surface area contributed by atoms with E-state index in [0.29, 0.717) is 34.2 Å². The number of rotatable bonds is 5. The highest BCUT2D eigenvalue weighted by atomic mass is 35.5. The van der Waals surface area contributed by atoms with Crippen molar-refractivity contribution in [3.63, 3.8) is 0 Å². The molecular weight excluding hydrogens is 464 g/mol. The van der Waals surface area contributed by atoms with Crippen molar-refractivity contribution < 1.29 is 40.6 Å². The zero-order chi connectivity index (χ0) is 23.9. The van der Waals surface area contributed by atoms with Gasteiger partial charge in [0.15, 0.2) is 0 Å². The number of aliphatic hydroxyl groups is 1. The summed E-state index contributed by atoms with van der Waals surface area (Å²) in [7, 11) is 0. The summed E-state index contributed by atoms with van der Waals surface area (Å²) in [5.41, 5.74) is -5.49. The van der Waals surface area contributed by atoms with Gasteiger partial charge in [0, 0.05) is 5.56 Å². The van der Waals surface area contributed by atoms with Crippen LogP contribution in [0.1, 0.15) is 22.6 Å². The topological polar surface area (TPSA) is 55.5 Å². The van der Waals surface area contributed by atoms with Crippen LogP contribution in [0, 0.1) is 13.8 Å². The van der Waals surface area contributed by atoms with E-state index < -0.39 is 23.5 Å². The number of alkyl halides is 6. The van der Waals surface area contributed by atoms with E-state index in [4.69, 9.17) is 20.8 Å². The highest BCUT2D eigenvalue weighted by Gasteiger charge is 2.71. The molecule has 0 spiro atoms. The zero-order valence-corrected chi connectivity index (χ0v) is 17.4. The van der Waals surface area contributed by atoms with Crippen molar-refractivity contribution in [3.05, 3.63) is 70.1 Å². The molecule has 0 saturated heterocycles. The molecule has 0 saturated carbocycles. The summed E-state index contributed by atoms with van der Waals surface area (Å²) in [5, 5.41) is 9.94. The molecule has 3 aromatic rings. The number of hydrogen-bond donors (Lipinski definition) is 1. The molecule has 1 heterocycles. The van der Waals surface area contributed by atoms with Crippen molar-refractivity contribution in [1.29, 1.82) is 0 Å². The Labute approximate surface area is 183 Å². The highest BCUT2D eigenvalue weighted by molar-refractivity contribution is 6.33. The summed E-state index contributed by atoms with van der Waals surface area (Å²) in [6.07, 6.45) is -11.9. The van der Waals surface area contributed by atoms with Crippen LogP contribution >= 0.6 is 11.6 Å². The Kier molecular flexibility index (Phi) is 6.23. The minimum absolute atomic E-state index is 0.0159. The molecule has 4 nitrogen and oxygen atoms in total. The van der Waals surface area contributed by atoms with Crippen LogP contribution in [-0.2, 0) is 12.2 Å². The van der Waals surface area contributed by atoms with Gasteiger partial charge >= 0.3 is 12.4 Å². The molecule has 0 bridgehead atoms. The number of hydrogen-bond acceptors (Lipinski definition) is 4. The lowest BCUT2D eigenvalue weighted by Gasteiger charge is -2.33. The normalized spacial score (nSPS) is 12.8. The fourth-order valence-corrected chi connectivity index (χ4v) is 3.20. The number of halogens is 7. The Morgan fingerprint density at radius 2 is 1.62 bits per heavy atom. The quantitative estimate of drug-likeness (QED) is 0.424. The van der Waals surface area contributed by atoms with Gasteiger partial charge in [-0.2, -0.15) is 26.3 Å². The summed E-state index contributed by atoms with van der Waals surface area (Å²) < 4.78 is 89.5. The van der Waals surface area contributed by atoms with Crippen LogP contribution in [-0.4, -0.2) is 22.4 Å². The molecule has 172 valence electrons. The van der Waals surface area contributed by atoms with E-state index in [1.54, 1.807) is 31.2 Å². The number of aryl methyl sites for hydroxylation is 2. The third-order valence-corrected chi connectivity index (χ3v) is 5.10. The lowest BCUT2D eigenvalue weighted by molar-refractivity contribution is -0.376. The summed E-state index contributed by atoms with van der Waals surface area (Å²) in [6.45, 7) is 2.72. The van der Waals surface area contributed by atoms with E-state index in [0.717, 1.165) is 6.07 Å². The third-order valence-electron chi connectivity index (χ3n) is 4.77. The summed E-state index contributed by atoms with van der Waals surface area (Å²) in [6, 6.07) is 8.86. The molecule has 0 aliphatic heterocycles. The Morgan fingerprint density at radius 1 is 1.00 bits per heavy atom. The number of oxazole rings is 1. The van der Waals surface area contributed by atoms with Crippen molar-refractivity contribution in [2.45, 2.75) is 38.4 Å². The standard InChI is InChI=1S/C21H16ClF6NO3/c1-11-9-13(19(30,20(23,24)25)21(26,27)28)7-8-17(11)31-10-16-12(2)32-18(29-16)14-5-3-4-6-15(14)22/h3-9,30H,10H2,1-2H3. The lowest BCUT2D eigenvalue weighted by Crippen LogP contribution is -2.53. The van der Waals surface area contributed by atoms with Crippen LogP contribution in [0.4, 0.5) is 26.3 Å². The van der Waals surface area contributed by atoms with Crippen LogP contribution in [0.3, 0.4) is 0 Å². The molecule has 1 aromatic heterocycles. The number of nitrogens with zero attached hydrogens (tertiary/aromatic N) is 1. The molecule has 2 aromatic carbocycles. The predicted molar refractivity (Wildman–Crippen MR) is 103 cm³/mol. The van der Waals surface area contributed by atoms with Crippen LogP contribution in [0.2, 0.25) is 5.02 Å². The second-order valence-corrected chi connectivity index (χ2v) is 7.38. The van der Waals surface area contributed by atoms with Crippen molar-refractivity contribution in [3.8, 4) is 17.2 Å². The van der Waals surface area contributed by atoms with Gasteiger partial charge in [0.25, 0.3) is 5.60 Å². The van der Waals surface area contributed by atoms with Crippen molar-refractivity contribution in [1.82, 2.24) is 4.98 Å². The van der Waals surface area contributed by atoms with E-state index in [9.17, 15) is 31.4 Å². The monoisotopic (exact) mass is 479 g/mol. The van der Waals surface area contributed by atoms with E-state index in [-0.39, 0.29) is 23.8 Å². The first-order valence-electron chi connectivity index (χ1n) is 9.06. The van der Waals surface area contributed by atoms with Gasteiger partial charge in [-0.15, -0.1) is 0 Å². The molecule has 0 amide bonds. The van der Waals surface area contributed by atoms with E-state index in [1.807, 2.05) is 0 Å². The van der Waals surface area contributed by atoms with Gasteiger partial charge in [-0.05, 0) is 43.7 Å². The maximum absolute atomic E-state index is 13.1. The second-order valence-electron chi connectivity index (χ2n) is 6.98. The molecule has 32 heavy (non-hydrogen) atoms. The highest BCUT2D eigenvalue weighted by Crippen LogP contribution is 2.50. The van der Waals surface area contributed by atoms with Crippen molar-refractivity contribution >= 4 is 11.6 Å². The number of benzene rings is 2. The Hall–Kier alpha value is -2.72. The molecule has 0 aliphatic carbocycles. The molecule has 0 radical (unpaired) electrons. The van der Waals surface area contributed by atoms with Crippen LogP contribution < -0.4 is 4.74 Å². The summed E-state index contributed by atoms with van der Waals surface area (Å²) in [5.74, 6) is 0.652. The van der Waals surface area contributed by atoms with Crippen LogP contribution in [0.5, 0.6) is 5.75 Å². The molecule has 0 atom stereocenters. The SMILES string of the molecule is Cc1cc(C(O)(C(F)(F)F)C(F)(F)F)ccc1OCc1nc(-c2ccccc2Cl)oc1C. The Bertz CT molecular complexity index is 1110. The minimum atomic E-state index is -5.97.